The molecule has 0 bridgehead atoms. The van der Waals surface area contributed by atoms with E-state index in [9.17, 15) is 18.0 Å². The normalized spacial score (nSPS) is 11.8. The predicted molar refractivity (Wildman–Crippen MR) is 166 cm³/mol. The summed E-state index contributed by atoms with van der Waals surface area (Å²) in [6, 6.07) is 17.3. The summed E-state index contributed by atoms with van der Waals surface area (Å²) in [5.41, 5.74) is 1.81. The second kappa shape index (κ2) is 15.3. The van der Waals surface area contributed by atoms with Crippen LogP contribution in [0.5, 0.6) is 17.2 Å². The zero-order valence-electron chi connectivity index (χ0n) is 25.6. The van der Waals surface area contributed by atoms with Crippen LogP contribution in [0.25, 0.3) is 0 Å². The maximum atomic E-state index is 14.1. The van der Waals surface area contributed by atoms with Gasteiger partial charge in [0.25, 0.3) is 10.0 Å². The number of amides is 2. The number of ether oxygens (including phenoxy) is 3. The minimum Gasteiger partial charge on any atom is -0.497 e. The minimum absolute atomic E-state index is 0.0189. The summed E-state index contributed by atoms with van der Waals surface area (Å²) >= 11 is 0. The quantitative estimate of drug-likeness (QED) is 0.251. The number of carbonyl (C=O) groups excluding carboxylic acids is 2. The van der Waals surface area contributed by atoms with Gasteiger partial charge in [-0.25, -0.2) is 8.42 Å². The van der Waals surface area contributed by atoms with Crippen LogP contribution in [0.1, 0.15) is 37.8 Å². The molecule has 232 valence electrons. The smallest absolute Gasteiger partial charge is 0.264 e. The maximum Gasteiger partial charge on any atom is 0.264 e. The molecule has 0 aliphatic carbocycles. The first-order chi connectivity index (χ1) is 20.5. The van der Waals surface area contributed by atoms with Crippen molar-refractivity contribution in [2.45, 2.75) is 51.1 Å². The van der Waals surface area contributed by atoms with E-state index in [1.807, 2.05) is 19.9 Å². The Labute approximate surface area is 254 Å². The van der Waals surface area contributed by atoms with Crippen LogP contribution < -0.4 is 23.8 Å². The molecule has 2 amide bonds. The lowest BCUT2D eigenvalue weighted by atomic mass is 10.1. The van der Waals surface area contributed by atoms with Crippen molar-refractivity contribution in [3.8, 4) is 17.2 Å². The first-order valence-corrected chi connectivity index (χ1v) is 15.5. The largest absolute Gasteiger partial charge is 0.497 e. The maximum absolute atomic E-state index is 14.1. The molecule has 43 heavy (non-hydrogen) atoms. The molecule has 0 aliphatic rings. The van der Waals surface area contributed by atoms with E-state index in [-0.39, 0.29) is 23.0 Å². The average Bonchev–Trinajstić information content (AvgIpc) is 3.01. The van der Waals surface area contributed by atoms with Gasteiger partial charge in [0.2, 0.25) is 11.8 Å². The molecule has 0 aliphatic heterocycles. The molecule has 1 atom stereocenters. The number of hydrogen-bond acceptors (Lipinski definition) is 7. The van der Waals surface area contributed by atoms with Gasteiger partial charge >= 0.3 is 0 Å². The number of unbranched alkanes of at least 4 members (excludes halogenated alkanes) is 1. The van der Waals surface area contributed by atoms with Gasteiger partial charge in [0.1, 0.15) is 18.3 Å². The van der Waals surface area contributed by atoms with Crippen LogP contribution in [0.4, 0.5) is 5.69 Å². The molecule has 3 rings (SSSR count). The number of rotatable bonds is 15. The van der Waals surface area contributed by atoms with Crippen molar-refractivity contribution < 1.29 is 32.2 Å². The fourth-order valence-electron chi connectivity index (χ4n) is 4.43. The third kappa shape index (κ3) is 8.41. The second-order valence-corrected chi connectivity index (χ2v) is 11.9. The van der Waals surface area contributed by atoms with E-state index in [0.29, 0.717) is 23.8 Å². The number of carbonyl (C=O) groups is 2. The van der Waals surface area contributed by atoms with Gasteiger partial charge in [0.05, 0.1) is 31.9 Å². The minimum atomic E-state index is -4.22. The zero-order chi connectivity index (χ0) is 31.6. The fraction of sp³-hybridized carbons (Fsp3) is 0.375. The Bertz CT molecular complexity index is 1490. The standard InChI is InChI=1S/C32H41N3O7S/c1-7-8-18-33-32(37)24(3)34(21-25-10-9-11-27(19-25)40-4)31(36)22-35(26-14-17-29(41-5)30(20-26)42-6)43(38,39)28-15-12-23(2)13-16-28/h9-17,19-20,24H,7-8,18,21-22H2,1-6H3,(H,33,37)/t24-/m1/s1. The van der Waals surface area contributed by atoms with Gasteiger partial charge in [-0.2, -0.15) is 0 Å². The highest BCUT2D eigenvalue weighted by atomic mass is 32.2. The Morgan fingerprint density at radius 2 is 1.60 bits per heavy atom. The topological polar surface area (TPSA) is 114 Å². The monoisotopic (exact) mass is 611 g/mol. The van der Waals surface area contributed by atoms with E-state index in [2.05, 4.69) is 5.32 Å². The molecule has 0 saturated heterocycles. The van der Waals surface area contributed by atoms with Crippen molar-refractivity contribution in [1.29, 1.82) is 0 Å². The molecule has 3 aromatic carbocycles. The molecular formula is C32H41N3O7S. The number of nitrogens with zero attached hydrogens (tertiary/aromatic N) is 2. The third-order valence-electron chi connectivity index (χ3n) is 7.03. The lowest BCUT2D eigenvalue weighted by molar-refractivity contribution is -0.139. The molecule has 3 aromatic rings. The van der Waals surface area contributed by atoms with Crippen molar-refractivity contribution in [2.24, 2.45) is 0 Å². The van der Waals surface area contributed by atoms with Crippen LogP contribution in [0.15, 0.2) is 71.6 Å². The van der Waals surface area contributed by atoms with Crippen LogP contribution in [0.3, 0.4) is 0 Å². The summed E-state index contributed by atoms with van der Waals surface area (Å²) in [7, 11) is 0.244. The van der Waals surface area contributed by atoms with E-state index >= 15 is 0 Å². The van der Waals surface area contributed by atoms with Gasteiger partial charge in [-0.05, 0) is 62.2 Å². The van der Waals surface area contributed by atoms with E-state index in [1.54, 1.807) is 56.5 Å². The van der Waals surface area contributed by atoms with Crippen molar-refractivity contribution in [3.63, 3.8) is 0 Å². The first kappa shape index (κ1) is 33.3. The van der Waals surface area contributed by atoms with E-state index in [4.69, 9.17) is 14.2 Å². The lowest BCUT2D eigenvalue weighted by Crippen LogP contribution is -2.51. The summed E-state index contributed by atoms with van der Waals surface area (Å²) in [6.45, 7) is 5.47. The van der Waals surface area contributed by atoms with Gasteiger partial charge < -0.3 is 24.4 Å². The molecule has 1 N–H and O–H groups in total. The predicted octanol–water partition coefficient (Wildman–Crippen LogP) is 4.55. The molecule has 0 heterocycles. The fourth-order valence-corrected chi connectivity index (χ4v) is 5.84. The van der Waals surface area contributed by atoms with Crippen LogP contribution in [0, 0.1) is 6.92 Å². The molecule has 0 radical (unpaired) electrons. The summed E-state index contributed by atoms with van der Waals surface area (Å²) in [6.07, 6.45) is 1.70. The molecule has 0 fully saturated rings. The Hall–Kier alpha value is -4.25. The number of hydrogen-bond donors (Lipinski definition) is 1. The molecule has 0 unspecified atom stereocenters. The van der Waals surface area contributed by atoms with Gasteiger partial charge in [0, 0.05) is 19.2 Å². The number of aryl methyl sites for hydroxylation is 1. The SMILES string of the molecule is CCCCNC(=O)[C@@H](C)N(Cc1cccc(OC)c1)C(=O)CN(c1ccc(OC)c(OC)c1)S(=O)(=O)c1ccc(C)cc1. The number of nitrogens with one attached hydrogen (secondary N) is 1. The van der Waals surface area contributed by atoms with Crippen LogP contribution >= 0.6 is 0 Å². The second-order valence-electron chi connectivity index (χ2n) is 10.1. The first-order valence-electron chi connectivity index (χ1n) is 14.1. The van der Waals surface area contributed by atoms with Gasteiger partial charge in [0.15, 0.2) is 11.5 Å². The van der Waals surface area contributed by atoms with Gasteiger partial charge in [-0.1, -0.05) is 43.2 Å². The van der Waals surface area contributed by atoms with E-state index < -0.39 is 28.5 Å². The van der Waals surface area contributed by atoms with Crippen LogP contribution in [-0.4, -0.2) is 65.6 Å². The molecular weight excluding hydrogens is 570 g/mol. The Morgan fingerprint density at radius 3 is 2.23 bits per heavy atom. The van der Waals surface area contributed by atoms with Crippen molar-refractivity contribution in [1.82, 2.24) is 10.2 Å². The highest BCUT2D eigenvalue weighted by Gasteiger charge is 2.33. The molecule has 0 saturated carbocycles. The Morgan fingerprint density at radius 1 is 0.907 bits per heavy atom. The summed E-state index contributed by atoms with van der Waals surface area (Å²) < 4.78 is 45.3. The number of anilines is 1. The highest BCUT2D eigenvalue weighted by molar-refractivity contribution is 7.92. The zero-order valence-corrected chi connectivity index (χ0v) is 26.4. The summed E-state index contributed by atoms with van der Waals surface area (Å²) in [4.78, 5) is 28.7. The molecule has 0 spiro atoms. The van der Waals surface area contributed by atoms with Crippen molar-refractivity contribution >= 4 is 27.5 Å². The van der Waals surface area contributed by atoms with E-state index in [1.165, 1.54) is 37.3 Å². The van der Waals surface area contributed by atoms with Gasteiger partial charge in [-0.3, -0.25) is 13.9 Å². The molecule has 11 heteroatoms. The van der Waals surface area contributed by atoms with E-state index in [0.717, 1.165) is 28.3 Å². The Kier molecular flexibility index (Phi) is 11.8. The number of methoxy groups -OCH3 is 3. The summed E-state index contributed by atoms with van der Waals surface area (Å²) in [5.74, 6) is 0.407. The van der Waals surface area contributed by atoms with Gasteiger partial charge in [-0.15, -0.1) is 0 Å². The van der Waals surface area contributed by atoms with Crippen molar-refractivity contribution in [3.05, 3.63) is 77.9 Å². The highest BCUT2D eigenvalue weighted by Crippen LogP contribution is 2.34. The summed E-state index contributed by atoms with van der Waals surface area (Å²) in [5, 5.41) is 2.88. The lowest BCUT2D eigenvalue weighted by Gasteiger charge is -2.32. The van der Waals surface area contributed by atoms with Crippen LogP contribution in [-0.2, 0) is 26.2 Å². The number of benzene rings is 3. The van der Waals surface area contributed by atoms with Crippen molar-refractivity contribution in [2.75, 3.05) is 38.7 Å². The number of sulfonamides is 1. The molecule has 0 aromatic heterocycles. The average molecular weight is 612 g/mol. The van der Waals surface area contributed by atoms with Crippen LogP contribution in [0.2, 0.25) is 0 Å². The molecule has 10 nitrogen and oxygen atoms in total. The Balaban J connectivity index is 2.07. The third-order valence-corrected chi connectivity index (χ3v) is 8.81.